The normalized spacial score (nSPS) is 24.9. The fourth-order valence-electron chi connectivity index (χ4n) is 2.01. The number of aliphatic imine (C=N–C) groups is 1. The maximum absolute atomic E-state index is 9.23. The monoisotopic (exact) mass is 244 g/mol. The first kappa shape index (κ1) is 14.2. The number of aliphatic hydroxyl groups is 1. The molecule has 1 heterocycles. The van der Waals surface area contributed by atoms with Crippen molar-refractivity contribution in [2.75, 3.05) is 26.2 Å². The molecule has 0 aromatic rings. The summed E-state index contributed by atoms with van der Waals surface area (Å²) in [6, 6.07) is 0. The molecule has 1 atom stereocenters. The van der Waals surface area contributed by atoms with Gasteiger partial charge in [0.05, 0.1) is 18.3 Å². The highest BCUT2D eigenvalue weighted by Gasteiger charge is 2.34. The average molecular weight is 244 g/mol. The van der Waals surface area contributed by atoms with Crippen LogP contribution in [0.5, 0.6) is 0 Å². The molecule has 0 aromatic heterocycles. The van der Waals surface area contributed by atoms with Gasteiger partial charge >= 0.3 is 0 Å². The van der Waals surface area contributed by atoms with E-state index in [1.54, 1.807) is 0 Å². The molecule has 1 unspecified atom stereocenters. The molecule has 0 bridgehead atoms. The van der Waals surface area contributed by atoms with Crippen molar-refractivity contribution in [3.05, 3.63) is 0 Å². The van der Waals surface area contributed by atoms with Gasteiger partial charge in [-0.25, -0.2) is 5.84 Å². The number of nitrogens with zero attached hydrogens (tertiary/aromatic N) is 2. The van der Waals surface area contributed by atoms with Crippen molar-refractivity contribution in [3.8, 4) is 0 Å². The van der Waals surface area contributed by atoms with Gasteiger partial charge < -0.3 is 14.7 Å². The second-order valence-corrected chi connectivity index (χ2v) is 4.91. The van der Waals surface area contributed by atoms with E-state index in [0.717, 1.165) is 13.0 Å². The molecule has 1 aliphatic heterocycles. The van der Waals surface area contributed by atoms with Gasteiger partial charge in [0.15, 0.2) is 0 Å². The second kappa shape index (κ2) is 6.18. The molecule has 4 N–H and O–H groups in total. The van der Waals surface area contributed by atoms with E-state index in [9.17, 15) is 5.11 Å². The Balaban J connectivity index is 2.73. The summed E-state index contributed by atoms with van der Waals surface area (Å²) in [4.78, 5) is 6.42. The molecule has 0 spiro atoms. The van der Waals surface area contributed by atoms with E-state index in [2.05, 4.69) is 17.3 Å². The number of guanidine groups is 1. The van der Waals surface area contributed by atoms with Crippen LogP contribution in [-0.2, 0) is 4.74 Å². The van der Waals surface area contributed by atoms with Crippen molar-refractivity contribution >= 4 is 5.96 Å². The highest BCUT2D eigenvalue weighted by atomic mass is 16.5. The Kier molecular flexibility index (Phi) is 5.17. The van der Waals surface area contributed by atoms with Crippen LogP contribution in [0.15, 0.2) is 4.99 Å². The summed E-state index contributed by atoms with van der Waals surface area (Å²) in [6.45, 7) is 8.11. The van der Waals surface area contributed by atoms with E-state index in [1.165, 1.54) is 0 Å². The lowest BCUT2D eigenvalue weighted by Crippen LogP contribution is -2.59. The van der Waals surface area contributed by atoms with E-state index < -0.39 is 0 Å². The number of nitrogens with one attached hydrogen (secondary N) is 1. The topological polar surface area (TPSA) is 83.1 Å². The number of aliphatic hydroxyl groups excluding tert-OH is 1. The first-order chi connectivity index (χ1) is 8.02. The fraction of sp³-hybridized carbons (Fsp3) is 0.909. The number of hydrogen-bond donors (Lipinski definition) is 3. The van der Waals surface area contributed by atoms with Crippen LogP contribution in [0.2, 0.25) is 0 Å². The van der Waals surface area contributed by atoms with Gasteiger partial charge in [-0.05, 0) is 20.3 Å². The summed E-state index contributed by atoms with van der Waals surface area (Å²) in [6.07, 6.45) is 0.779. The zero-order valence-corrected chi connectivity index (χ0v) is 10.9. The summed E-state index contributed by atoms with van der Waals surface area (Å²) in [5.74, 6) is 6.16. The van der Waals surface area contributed by atoms with Crippen molar-refractivity contribution in [2.45, 2.75) is 38.9 Å². The lowest BCUT2D eigenvalue weighted by molar-refractivity contribution is -0.135. The van der Waals surface area contributed by atoms with E-state index in [0.29, 0.717) is 19.0 Å². The largest absolute Gasteiger partial charge is 0.394 e. The van der Waals surface area contributed by atoms with Gasteiger partial charge in [0.25, 0.3) is 0 Å². The molecule has 100 valence electrons. The fourth-order valence-corrected chi connectivity index (χ4v) is 2.01. The van der Waals surface area contributed by atoms with Crippen molar-refractivity contribution in [1.29, 1.82) is 0 Å². The van der Waals surface area contributed by atoms with E-state index in [-0.39, 0.29) is 18.3 Å². The molecule has 1 saturated heterocycles. The Morgan fingerprint density at radius 3 is 2.88 bits per heavy atom. The van der Waals surface area contributed by atoms with E-state index in [4.69, 9.17) is 10.6 Å². The highest BCUT2D eigenvalue weighted by molar-refractivity contribution is 5.79. The van der Waals surface area contributed by atoms with Crippen LogP contribution in [0, 0.1) is 0 Å². The van der Waals surface area contributed by atoms with Crippen molar-refractivity contribution in [1.82, 2.24) is 10.3 Å². The van der Waals surface area contributed by atoms with Crippen LogP contribution in [0.3, 0.4) is 0 Å². The molecule has 17 heavy (non-hydrogen) atoms. The Morgan fingerprint density at radius 1 is 1.65 bits per heavy atom. The number of ether oxygens (including phenoxy) is 1. The maximum atomic E-state index is 9.23. The van der Waals surface area contributed by atoms with Gasteiger partial charge in [-0.2, -0.15) is 0 Å². The third-order valence-corrected chi connectivity index (χ3v) is 2.60. The Labute approximate surface area is 103 Å². The molecule has 0 amide bonds. The molecule has 1 aliphatic rings. The molecule has 6 heteroatoms. The van der Waals surface area contributed by atoms with Crippen LogP contribution < -0.4 is 11.3 Å². The summed E-state index contributed by atoms with van der Waals surface area (Å²) >= 11 is 0. The number of rotatable bonds is 3. The molecular weight excluding hydrogens is 220 g/mol. The number of morpholine rings is 1. The minimum absolute atomic E-state index is 0.00552. The quantitative estimate of drug-likeness (QED) is 0.274. The number of nitrogens with two attached hydrogens (primary N) is 1. The van der Waals surface area contributed by atoms with Crippen LogP contribution in [0.25, 0.3) is 0 Å². The summed E-state index contributed by atoms with van der Waals surface area (Å²) < 4.78 is 5.74. The SMILES string of the molecule is CCCN=C(NN)N1CC(CO)OC(C)(C)C1. The first-order valence-electron chi connectivity index (χ1n) is 6.07. The van der Waals surface area contributed by atoms with Gasteiger partial charge in [-0.1, -0.05) is 6.92 Å². The highest BCUT2D eigenvalue weighted by Crippen LogP contribution is 2.20. The predicted octanol–water partition coefficient (Wildman–Crippen LogP) is -0.313. The van der Waals surface area contributed by atoms with Crippen LogP contribution in [0.4, 0.5) is 0 Å². The lowest BCUT2D eigenvalue weighted by Gasteiger charge is -2.43. The minimum atomic E-state index is -0.310. The molecule has 0 saturated carbocycles. The molecule has 0 aromatic carbocycles. The third-order valence-electron chi connectivity index (χ3n) is 2.60. The zero-order chi connectivity index (χ0) is 12.9. The maximum Gasteiger partial charge on any atom is 0.208 e. The van der Waals surface area contributed by atoms with Gasteiger partial charge in [-0.15, -0.1) is 0 Å². The standard InChI is InChI=1S/C11H24N4O2/c1-4-5-13-10(14-12)15-6-9(7-16)17-11(2,3)8-15/h9,16H,4-8,12H2,1-3H3,(H,13,14). The first-order valence-corrected chi connectivity index (χ1v) is 6.07. The zero-order valence-electron chi connectivity index (χ0n) is 10.9. The Bertz CT molecular complexity index is 268. The molecule has 0 radical (unpaired) electrons. The molecular formula is C11H24N4O2. The predicted molar refractivity (Wildman–Crippen MR) is 67.5 cm³/mol. The van der Waals surface area contributed by atoms with Crippen molar-refractivity contribution in [3.63, 3.8) is 0 Å². The minimum Gasteiger partial charge on any atom is -0.394 e. The Hall–Kier alpha value is -0.850. The third kappa shape index (κ3) is 4.14. The molecule has 1 fully saturated rings. The summed E-state index contributed by atoms with van der Waals surface area (Å²) in [7, 11) is 0. The van der Waals surface area contributed by atoms with Crippen molar-refractivity contribution in [2.24, 2.45) is 10.8 Å². The van der Waals surface area contributed by atoms with Gasteiger partial charge in [0.1, 0.15) is 0 Å². The van der Waals surface area contributed by atoms with Crippen LogP contribution >= 0.6 is 0 Å². The van der Waals surface area contributed by atoms with Crippen LogP contribution in [-0.4, -0.2) is 53.9 Å². The van der Waals surface area contributed by atoms with Gasteiger partial charge in [0, 0.05) is 19.6 Å². The van der Waals surface area contributed by atoms with Crippen LogP contribution in [0.1, 0.15) is 27.2 Å². The molecule has 6 nitrogen and oxygen atoms in total. The Morgan fingerprint density at radius 2 is 2.35 bits per heavy atom. The smallest absolute Gasteiger partial charge is 0.208 e. The lowest BCUT2D eigenvalue weighted by atomic mass is 10.1. The van der Waals surface area contributed by atoms with E-state index in [1.807, 2.05) is 18.7 Å². The molecule has 1 rings (SSSR count). The van der Waals surface area contributed by atoms with Crippen molar-refractivity contribution < 1.29 is 9.84 Å². The second-order valence-electron chi connectivity index (χ2n) is 4.91. The average Bonchev–Trinajstić information content (AvgIpc) is 2.28. The number of hydrazine groups is 1. The summed E-state index contributed by atoms with van der Waals surface area (Å²) in [5.41, 5.74) is 2.32. The number of hydrogen-bond acceptors (Lipinski definition) is 4. The van der Waals surface area contributed by atoms with E-state index >= 15 is 0 Å². The van der Waals surface area contributed by atoms with Gasteiger partial charge in [0.2, 0.25) is 5.96 Å². The van der Waals surface area contributed by atoms with Gasteiger partial charge in [-0.3, -0.25) is 10.4 Å². The molecule has 0 aliphatic carbocycles. The summed E-state index contributed by atoms with van der Waals surface area (Å²) in [5, 5.41) is 9.23.